The van der Waals surface area contributed by atoms with Crippen LogP contribution in [0.5, 0.6) is 0 Å². The van der Waals surface area contributed by atoms with Crippen LogP contribution in [0.3, 0.4) is 0 Å². The quantitative estimate of drug-likeness (QED) is 0.0221. The summed E-state index contributed by atoms with van der Waals surface area (Å²) in [5.41, 5.74) is 0. The zero-order chi connectivity index (χ0) is 73.8. The van der Waals surface area contributed by atoms with Gasteiger partial charge in [0.2, 0.25) is 5.91 Å². The Kier molecular flexibility index (Phi) is 35.5. The molecule has 3 saturated heterocycles. The summed E-state index contributed by atoms with van der Waals surface area (Å²) >= 11 is 0. The Labute approximate surface area is 557 Å². The minimum atomic E-state index is -6.55. The summed E-state index contributed by atoms with van der Waals surface area (Å²) in [6.07, 6.45) is -34.1. The number of carbonyl (C=O) groups excluding carboxylic acids is 1. The summed E-state index contributed by atoms with van der Waals surface area (Å²) in [6, 6.07) is 0. The number of hydrogen-bond donors (Lipinski definition) is 11. The Hall–Kier alpha value is -2.07. The first-order valence-corrected chi connectivity index (χ1v) is 41.5. The molecule has 3 aliphatic rings. The molecule has 15 atom stereocenters. The fourth-order valence-corrected chi connectivity index (χ4v) is 13.8. The average molecular weight is 1630 g/mol. The molecule has 0 unspecified atom stereocenters. The van der Waals surface area contributed by atoms with Crippen molar-refractivity contribution in [2.75, 3.05) is 33.0 Å². The third-order valence-corrected chi connectivity index (χ3v) is 17.6. The molecule has 0 aliphatic carbocycles. The van der Waals surface area contributed by atoms with Crippen molar-refractivity contribution >= 4 is 110 Å². The van der Waals surface area contributed by atoms with Gasteiger partial charge in [0.05, 0.1) is 26.4 Å². The second kappa shape index (κ2) is 38.6. The van der Waals surface area contributed by atoms with Crippen LogP contribution in [-0.2, 0) is 179 Å². The van der Waals surface area contributed by atoms with E-state index >= 15 is 0 Å². The lowest BCUT2D eigenvalue weighted by Gasteiger charge is -2.50. The predicted molar refractivity (Wildman–Crippen MR) is 306 cm³/mol. The van der Waals surface area contributed by atoms with Crippen molar-refractivity contribution in [1.29, 1.82) is 0 Å². The minimum absolute atomic E-state index is 0.0412. The van der Waals surface area contributed by atoms with Gasteiger partial charge in [-0.05, 0) is 12.8 Å². The normalized spacial score (nSPS) is 27.8. The fraction of sp³-hybridized carbons (Fsp3) is 0.974. The zero-order valence-electron chi connectivity index (χ0n) is 49.9. The van der Waals surface area contributed by atoms with Crippen molar-refractivity contribution in [2.24, 2.45) is 0 Å². The summed E-state index contributed by atoms with van der Waals surface area (Å²) in [7, 11) is -62.2. The third kappa shape index (κ3) is 38.3. The van der Waals surface area contributed by atoms with E-state index in [1.165, 1.54) is 44.9 Å². The van der Waals surface area contributed by atoms with Gasteiger partial charge in [-0.1, -0.05) is 96.8 Å². The molecule has 48 nitrogen and oxygen atoms in total. The van der Waals surface area contributed by atoms with E-state index in [1.54, 1.807) is 0 Å². The molecule has 0 aromatic rings. The second-order valence-electron chi connectivity index (χ2n) is 20.7. The first kappa shape index (κ1) is 89.1. The summed E-state index contributed by atoms with van der Waals surface area (Å²) in [5, 5.41) is 2.52. The molecule has 0 spiro atoms. The monoisotopic (exact) mass is 1630 g/mol. The van der Waals surface area contributed by atoms with Gasteiger partial charge in [-0.3, -0.25) is 50.3 Å². The smallest absolute Gasteiger partial charge is 0.356 e. The van der Waals surface area contributed by atoms with Crippen LogP contribution in [0.2, 0.25) is 0 Å². The van der Waals surface area contributed by atoms with Gasteiger partial charge in [0.1, 0.15) is 54.9 Å². The van der Waals surface area contributed by atoms with Gasteiger partial charge in [0, 0.05) is 13.0 Å². The average Bonchev–Trinajstić information content (AvgIpc) is 0.759. The molecular formula is C39H73NO47S10. The lowest BCUT2D eigenvalue weighted by molar-refractivity contribution is -0.369. The number of carbonyl (C=O) groups is 1. The summed E-state index contributed by atoms with van der Waals surface area (Å²) in [5.74, 6) is -0.480. The van der Waals surface area contributed by atoms with Gasteiger partial charge < -0.3 is 33.7 Å². The van der Waals surface area contributed by atoms with Crippen molar-refractivity contribution in [1.82, 2.24) is 5.32 Å². The van der Waals surface area contributed by atoms with E-state index in [2.05, 4.69) is 54.1 Å². The third-order valence-electron chi connectivity index (χ3n) is 13.1. The maximum Gasteiger partial charge on any atom is 0.397 e. The molecule has 3 heterocycles. The lowest BCUT2D eigenvalue weighted by atomic mass is 9.96. The number of amides is 1. The van der Waals surface area contributed by atoms with Crippen LogP contribution in [0.25, 0.3) is 0 Å². The summed E-state index contributed by atoms with van der Waals surface area (Å²) < 4.78 is 418. The number of nitrogens with one attached hydrogen (secondary N) is 1. The molecule has 3 rings (SSSR count). The minimum Gasteiger partial charge on any atom is -0.356 e. The Morgan fingerprint density at radius 2 is 0.577 bits per heavy atom. The molecule has 97 heavy (non-hydrogen) atoms. The molecule has 58 heteroatoms. The summed E-state index contributed by atoms with van der Waals surface area (Å²) in [4.78, 5) is 12.7. The van der Waals surface area contributed by atoms with Gasteiger partial charge in [-0.15, -0.1) is 0 Å². The largest absolute Gasteiger partial charge is 0.397 e. The van der Waals surface area contributed by atoms with E-state index < -0.39 is 228 Å². The highest BCUT2D eigenvalue weighted by molar-refractivity contribution is 7.83. The molecular weight excluding hydrogens is 1560 g/mol. The van der Waals surface area contributed by atoms with E-state index in [0.717, 1.165) is 38.5 Å². The van der Waals surface area contributed by atoms with E-state index in [-0.39, 0.29) is 19.4 Å². The number of unbranched alkanes of at least 4 members (excludes halogenated alkanes) is 14. The fourth-order valence-electron chi connectivity index (χ4n) is 9.47. The van der Waals surface area contributed by atoms with Crippen LogP contribution < -0.4 is 5.32 Å². The van der Waals surface area contributed by atoms with Gasteiger partial charge in [-0.2, -0.15) is 84.2 Å². The molecule has 1 amide bonds. The molecule has 3 aliphatic heterocycles. The van der Waals surface area contributed by atoms with Crippen LogP contribution in [0, 0.1) is 0 Å². The first-order chi connectivity index (χ1) is 44.2. The highest BCUT2D eigenvalue weighted by Crippen LogP contribution is 2.40. The zero-order valence-corrected chi connectivity index (χ0v) is 58.0. The Morgan fingerprint density at radius 3 is 0.887 bits per heavy atom. The molecule has 576 valence electrons. The highest BCUT2D eigenvalue weighted by atomic mass is 32.3. The molecule has 3 fully saturated rings. The topological polar surface area (TPSA) is 720 Å². The lowest BCUT2D eigenvalue weighted by Crippen LogP contribution is -2.69. The number of hydrogen-bond acceptors (Lipinski definition) is 37. The predicted octanol–water partition coefficient (Wildman–Crippen LogP) is -2.51. The number of rotatable bonds is 48. The van der Waals surface area contributed by atoms with Crippen LogP contribution in [0.4, 0.5) is 0 Å². The maximum absolute atomic E-state index is 12.7. The van der Waals surface area contributed by atoms with E-state index in [9.17, 15) is 135 Å². The second-order valence-corrected chi connectivity index (χ2v) is 31.3. The molecule has 0 bridgehead atoms. The Morgan fingerprint density at radius 1 is 0.320 bits per heavy atom. The van der Waals surface area contributed by atoms with Gasteiger partial charge in [0.25, 0.3) is 0 Å². The Bertz CT molecular complexity index is 3670. The van der Waals surface area contributed by atoms with Crippen molar-refractivity contribution in [3.05, 3.63) is 0 Å². The standard InChI is InChI=1S/C39H73NO47S10/c1-2-3-4-5-6-7-8-9-10-11-12-13-14-15-16-18-27(41)40-19-17-20-72-37-34(85-95(63,64)65)31(82-92(54,55)56)28(24(76-37)21-73-88(42,43)44)79-38-35(86-96(66,67)68)32(83-93(57,58)59)29(25(77-38)22-74-89(45,46)47)80-39-36(87-97(69,70)71)33(84-94(60,61)62)30(81-91(51,52)53)26(78-39)23-75-90(48,49)50/h24-26,28-39H,2-23H2,1H3,(H,40,41)(H,42,43,44)(H,45,46,47)(H,48,49,50)(H,51,52,53)(H,54,55,56)(H,57,58,59)(H,60,61,62)(H,63,64,65)(H,66,67,68)(H,69,70,71)/t24-,25-,26-,28-,29-,30-,31+,32+,33+,34-,35-,36-,37-,38-,39-/m1/s1. The SMILES string of the molecule is CCCCCCCCCCCCCCCCCC(=O)NCCCO[C@@H]1O[C@H](COS(=O)(=O)O)[C@@H](O[C@H]2O[C@H](COS(=O)(=O)O)[C@@H](O[C@H]3O[C@H](COS(=O)(=O)O)[C@@H](OS(=O)(=O)O)[C@H](OS(=O)(=O)O)[C@H]3OS(=O)(=O)O)[C@H](OS(=O)(=O)O)[C@H]2OS(=O)(=O)O)[C@H](OS(=O)(=O)O)[C@H]1OS(=O)(=O)O. The van der Waals surface area contributed by atoms with E-state index in [4.69, 9.17) is 28.4 Å². The molecule has 0 radical (unpaired) electrons. The van der Waals surface area contributed by atoms with Crippen molar-refractivity contribution in [3.63, 3.8) is 0 Å². The van der Waals surface area contributed by atoms with Crippen LogP contribution >= 0.6 is 0 Å². The van der Waals surface area contributed by atoms with Gasteiger partial charge >= 0.3 is 104 Å². The van der Waals surface area contributed by atoms with E-state index in [1.807, 2.05) is 0 Å². The van der Waals surface area contributed by atoms with E-state index in [0.29, 0.717) is 12.8 Å². The Balaban J connectivity index is 2.16. The van der Waals surface area contributed by atoms with Crippen LogP contribution in [0.1, 0.15) is 116 Å². The van der Waals surface area contributed by atoms with Gasteiger partial charge in [0.15, 0.2) is 37.2 Å². The van der Waals surface area contributed by atoms with Crippen LogP contribution in [0.15, 0.2) is 0 Å². The molecule has 0 saturated carbocycles. The number of ether oxygens (including phenoxy) is 6. The maximum atomic E-state index is 12.7. The van der Waals surface area contributed by atoms with Crippen molar-refractivity contribution in [2.45, 2.75) is 208 Å². The molecule has 0 aromatic heterocycles. The summed E-state index contributed by atoms with van der Waals surface area (Å²) in [6.45, 7) is -5.05. The molecule has 0 aromatic carbocycles. The van der Waals surface area contributed by atoms with Crippen molar-refractivity contribution in [3.8, 4) is 0 Å². The van der Waals surface area contributed by atoms with Gasteiger partial charge in [-0.25, -0.2) is 41.8 Å². The highest BCUT2D eigenvalue weighted by Gasteiger charge is 2.61. The first-order valence-electron chi connectivity index (χ1n) is 27.8. The van der Waals surface area contributed by atoms with Crippen LogP contribution in [-0.4, -0.2) is 261 Å². The molecule has 11 N–H and O–H groups in total. The van der Waals surface area contributed by atoms with Crippen molar-refractivity contribution < 1.29 is 205 Å².